The molecule has 1 N–H and O–H groups in total. The fourth-order valence-electron chi connectivity index (χ4n) is 2.92. The highest BCUT2D eigenvalue weighted by molar-refractivity contribution is 5.89. The third kappa shape index (κ3) is 4.62. The van der Waals surface area contributed by atoms with Crippen molar-refractivity contribution >= 4 is 11.8 Å². The highest BCUT2D eigenvalue weighted by atomic mass is 19.1. The number of carbonyl (C=O) groups is 2. The molecule has 0 unspecified atom stereocenters. The van der Waals surface area contributed by atoms with Crippen LogP contribution in [-0.2, 0) is 22.6 Å². The number of benzene rings is 1. The molecule has 2 aromatic rings. The third-order valence-corrected chi connectivity index (χ3v) is 4.36. The summed E-state index contributed by atoms with van der Waals surface area (Å²) in [6.45, 7) is 1.38. The maximum atomic E-state index is 12.9. The number of amides is 2. The zero-order chi connectivity index (χ0) is 17.6. The lowest BCUT2D eigenvalue weighted by atomic mass is 10.1. The first kappa shape index (κ1) is 17.1. The van der Waals surface area contributed by atoms with E-state index in [1.807, 2.05) is 12.1 Å². The Morgan fingerprint density at radius 3 is 2.76 bits per heavy atom. The van der Waals surface area contributed by atoms with E-state index in [0.29, 0.717) is 26.1 Å². The van der Waals surface area contributed by atoms with E-state index in [2.05, 4.69) is 10.3 Å². The van der Waals surface area contributed by atoms with E-state index in [1.54, 1.807) is 29.4 Å². The van der Waals surface area contributed by atoms with Crippen molar-refractivity contribution in [2.45, 2.75) is 19.4 Å². The molecule has 6 heteroatoms. The minimum absolute atomic E-state index is 0.0105. The van der Waals surface area contributed by atoms with Gasteiger partial charge in [-0.1, -0.05) is 18.2 Å². The van der Waals surface area contributed by atoms with Gasteiger partial charge in [0.1, 0.15) is 5.82 Å². The predicted molar refractivity (Wildman–Crippen MR) is 90.9 cm³/mol. The van der Waals surface area contributed by atoms with Gasteiger partial charge in [0.15, 0.2) is 0 Å². The molecule has 1 atom stereocenters. The zero-order valence-electron chi connectivity index (χ0n) is 13.8. The Labute approximate surface area is 145 Å². The number of nitrogens with one attached hydrogen (secondary N) is 1. The number of hydrogen-bond donors (Lipinski definition) is 1. The molecule has 1 aromatic carbocycles. The number of rotatable bonds is 6. The Kier molecular flexibility index (Phi) is 5.38. The molecular weight excluding hydrogens is 321 g/mol. The molecular formula is C19H20FN3O2. The van der Waals surface area contributed by atoms with Crippen molar-refractivity contribution in [3.63, 3.8) is 0 Å². The Balaban J connectivity index is 1.48. The van der Waals surface area contributed by atoms with Crippen LogP contribution in [0, 0.1) is 11.7 Å². The molecule has 130 valence electrons. The van der Waals surface area contributed by atoms with Gasteiger partial charge in [0, 0.05) is 38.4 Å². The van der Waals surface area contributed by atoms with Crippen molar-refractivity contribution in [2.75, 3.05) is 13.1 Å². The van der Waals surface area contributed by atoms with E-state index >= 15 is 0 Å². The van der Waals surface area contributed by atoms with Gasteiger partial charge in [-0.15, -0.1) is 0 Å². The molecule has 1 saturated heterocycles. The maximum Gasteiger partial charge on any atom is 0.225 e. The fourth-order valence-corrected chi connectivity index (χ4v) is 2.92. The Bertz CT molecular complexity index is 734. The van der Waals surface area contributed by atoms with Crippen molar-refractivity contribution in [1.29, 1.82) is 0 Å². The van der Waals surface area contributed by atoms with Gasteiger partial charge in [-0.3, -0.25) is 14.6 Å². The summed E-state index contributed by atoms with van der Waals surface area (Å²) in [6, 6.07) is 9.97. The number of aromatic nitrogens is 1. The second-order valence-corrected chi connectivity index (χ2v) is 6.20. The van der Waals surface area contributed by atoms with Crippen LogP contribution in [0.5, 0.6) is 0 Å². The Hall–Kier alpha value is -2.76. The van der Waals surface area contributed by atoms with Gasteiger partial charge < -0.3 is 10.2 Å². The van der Waals surface area contributed by atoms with Crippen molar-refractivity contribution in [3.05, 3.63) is 65.7 Å². The van der Waals surface area contributed by atoms with Crippen LogP contribution >= 0.6 is 0 Å². The largest absolute Gasteiger partial charge is 0.352 e. The number of nitrogens with zero attached hydrogens (tertiary/aromatic N) is 2. The zero-order valence-corrected chi connectivity index (χ0v) is 13.8. The van der Waals surface area contributed by atoms with Crippen molar-refractivity contribution in [3.8, 4) is 0 Å². The summed E-state index contributed by atoms with van der Waals surface area (Å²) in [6.07, 6.45) is 4.27. The predicted octanol–water partition coefficient (Wildman–Crippen LogP) is 1.93. The molecule has 2 heterocycles. The smallest absolute Gasteiger partial charge is 0.225 e. The fraction of sp³-hybridized carbons (Fsp3) is 0.316. The summed E-state index contributed by atoms with van der Waals surface area (Å²) in [5.74, 6) is -0.714. The molecule has 0 aliphatic carbocycles. The number of pyridine rings is 1. The lowest BCUT2D eigenvalue weighted by molar-refractivity contribution is -0.129. The van der Waals surface area contributed by atoms with E-state index in [0.717, 1.165) is 11.1 Å². The molecule has 5 nitrogen and oxygen atoms in total. The maximum absolute atomic E-state index is 12.9. The molecule has 1 fully saturated rings. The molecule has 1 aliphatic heterocycles. The van der Waals surface area contributed by atoms with E-state index in [-0.39, 0.29) is 30.0 Å². The van der Waals surface area contributed by atoms with E-state index < -0.39 is 0 Å². The molecule has 3 rings (SSSR count). The number of hydrogen-bond acceptors (Lipinski definition) is 3. The Morgan fingerprint density at radius 1 is 1.24 bits per heavy atom. The van der Waals surface area contributed by atoms with Gasteiger partial charge >= 0.3 is 0 Å². The number of halogens is 1. The lowest BCUT2D eigenvalue weighted by Crippen LogP contribution is -2.33. The van der Waals surface area contributed by atoms with Crippen LogP contribution in [0.4, 0.5) is 4.39 Å². The van der Waals surface area contributed by atoms with Gasteiger partial charge in [-0.05, 0) is 35.7 Å². The second-order valence-electron chi connectivity index (χ2n) is 6.20. The van der Waals surface area contributed by atoms with Crippen LogP contribution in [0.1, 0.15) is 17.5 Å². The molecule has 0 radical (unpaired) electrons. The van der Waals surface area contributed by atoms with Crippen molar-refractivity contribution in [1.82, 2.24) is 15.2 Å². The SMILES string of the molecule is O=C(NCc1cccnc1)[C@H]1CC(=O)N(CCc2ccc(F)cc2)C1. The normalized spacial score (nSPS) is 16.9. The van der Waals surface area contributed by atoms with E-state index in [1.165, 1.54) is 12.1 Å². The van der Waals surface area contributed by atoms with E-state index in [9.17, 15) is 14.0 Å². The number of likely N-dealkylation sites (tertiary alicyclic amines) is 1. The quantitative estimate of drug-likeness (QED) is 0.873. The van der Waals surface area contributed by atoms with Gasteiger partial charge in [-0.2, -0.15) is 0 Å². The summed E-state index contributed by atoms with van der Waals surface area (Å²) >= 11 is 0. The molecule has 1 aliphatic rings. The monoisotopic (exact) mass is 341 g/mol. The molecule has 1 aromatic heterocycles. The highest BCUT2D eigenvalue weighted by Gasteiger charge is 2.33. The van der Waals surface area contributed by atoms with Crippen molar-refractivity contribution in [2.24, 2.45) is 5.92 Å². The van der Waals surface area contributed by atoms with Crippen LogP contribution in [0.3, 0.4) is 0 Å². The molecule has 0 saturated carbocycles. The van der Waals surface area contributed by atoms with Gasteiger partial charge in [0.05, 0.1) is 5.92 Å². The minimum atomic E-state index is -0.322. The van der Waals surface area contributed by atoms with Gasteiger partial charge in [-0.25, -0.2) is 4.39 Å². The average Bonchev–Trinajstić information content (AvgIpc) is 3.01. The third-order valence-electron chi connectivity index (χ3n) is 4.36. The topological polar surface area (TPSA) is 62.3 Å². The number of carbonyl (C=O) groups excluding carboxylic acids is 2. The van der Waals surface area contributed by atoms with Crippen LogP contribution in [0.2, 0.25) is 0 Å². The van der Waals surface area contributed by atoms with Crippen LogP contribution in [-0.4, -0.2) is 34.8 Å². The molecule has 0 bridgehead atoms. The van der Waals surface area contributed by atoms with Gasteiger partial charge in [0.25, 0.3) is 0 Å². The second kappa shape index (κ2) is 7.88. The van der Waals surface area contributed by atoms with E-state index in [4.69, 9.17) is 0 Å². The van der Waals surface area contributed by atoms with Crippen molar-refractivity contribution < 1.29 is 14.0 Å². The minimum Gasteiger partial charge on any atom is -0.352 e. The van der Waals surface area contributed by atoms with Crippen LogP contribution in [0.15, 0.2) is 48.8 Å². The summed E-state index contributed by atoms with van der Waals surface area (Å²) < 4.78 is 12.9. The summed E-state index contributed by atoms with van der Waals surface area (Å²) in [7, 11) is 0. The molecule has 0 spiro atoms. The van der Waals surface area contributed by atoms with Crippen LogP contribution in [0.25, 0.3) is 0 Å². The average molecular weight is 341 g/mol. The van der Waals surface area contributed by atoms with Gasteiger partial charge in [0.2, 0.25) is 11.8 Å². The Morgan fingerprint density at radius 2 is 2.04 bits per heavy atom. The standard InChI is InChI=1S/C19H20FN3O2/c20-17-5-3-14(4-6-17)7-9-23-13-16(10-18(23)24)19(25)22-12-15-2-1-8-21-11-15/h1-6,8,11,16H,7,9-10,12-13H2,(H,22,25)/t16-/m0/s1. The summed E-state index contributed by atoms with van der Waals surface area (Å²) in [5, 5.41) is 2.86. The summed E-state index contributed by atoms with van der Waals surface area (Å²) in [4.78, 5) is 30.1. The lowest BCUT2D eigenvalue weighted by Gasteiger charge is -2.16. The highest BCUT2D eigenvalue weighted by Crippen LogP contribution is 2.19. The first-order valence-electron chi connectivity index (χ1n) is 8.30. The summed E-state index contributed by atoms with van der Waals surface area (Å²) in [5.41, 5.74) is 1.90. The first-order valence-corrected chi connectivity index (χ1v) is 8.30. The molecule has 25 heavy (non-hydrogen) atoms. The molecule has 2 amide bonds. The first-order chi connectivity index (χ1) is 12.1. The van der Waals surface area contributed by atoms with Crippen LogP contribution < -0.4 is 5.32 Å².